The minimum absolute atomic E-state index is 0.0252. The first-order chi connectivity index (χ1) is 12.6. The zero-order chi connectivity index (χ0) is 18.3. The first-order valence-electron chi connectivity index (χ1n) is 9.40. The summed E-state index contributed by atoms with van der Waals surface area (Å²) in [5.74, 6) is 1.05. The van der Waals surface area contributed by atoms with Gasteiger partial charge in [0.1, 0.15) is 5.82 Å². The largest absolute Gasteiger partial charge is 0.328 e. The first-order valence-corrected chi connectivity index (χ1v) is 9.40. The number of imidazole rings is 1. The second-order valence-electron chi connectivity index (χ2n) is 7.16. The lowest BCUT2D eigenvalue weighted by Gasteiger charge is -2.24. The molecule has 4 rings (SSSR count). The smallest absolute Gasteiger partial charge is 0.257 e. The molecule has 0 radical (unpaired) electrons. The van der Waals surface area contributed by atoms with Crippen LogP contribution in [0.15, 0.2) is 36.7 Å². The Labute approximate surface area is 153 Å². The molecule has 0 spiro atoms. The van der Waals surface area contributed by atoms with Crippen LogP contribution in [0, 0.1) is 0 Å². The van der Waals surface area contributed by atoms with Crippen molar-refractivity contribution in [3.05, 3.63) is 48.0 Å². The van der Waals surface area contributed by atoms with Crippen molar-refractivity contribution in [3.8, 4) is 0 Å². The number of nitrogens with zero attached hydrogens (tertiary/aromatic N) is 5. The molecule has 1 aliphatic heterocycles. The van der Waals surface area contributed by atoms with Gasteiger partial charge < -0.3 is 9.47 Å². The van der Waals surface area contributed by atoms with Gasteiger partial charge in [0, 0.05) is 25.3 Å². The minimum atomic E-state index is 0.0252. The van der Waals surface area contributed by atoms with Crippen molar-refractivity contribution in [2.75, 3.05) is 6.54 Å². The number of likely N-dealkylation sites (tertiary alicyclic amines) is 1. The van der Waals surface area contributed by atoms with Gasteiger partial charge in [-0.3, -0.25) is 9.48 Å². The summed E-state index contributed by atoms with van der Waals surface area (Å²) in [5.41, 5.74) is 2.79. The first kappa shape index (κ1) is 16.8. The van der Waals surface area contributed by atoms with Gasteiger partial charge >= 0.3 is 0 Å². The maximum Gasteiger partial charge on any atom is 0.257 e. The fraction of sp³-hybridized carbons (Fsp3) is 0.450. The van der Waals surface area contributed by atoms with E-state index in [4.69, 9.17) is 4.98 Å². The molecule has 3 heterocycles. The van der Waals surface area contributed by atoms with Crippen LogP contribution < -0.4 is 0 Å². The molecule has 0 N–H and O–H groups in total. The second-order valence-corrected chi connectivity index (χ2v) is 7.16. The number of aromatic nitrogens is 4. The molecule has 0 saturated carbocycles. The van der Waals surface area contributed by atoms with Crippen LogP contribution in [-0.4, -0.2) is 36.7 Å². The maximum atomic E-state index is 13.1. The minimum Gasteiger partial charge on any atom is -0.328 e. The van der Waals surface area contributed by atoms with E-state index in [1.165, 1.54) is 0 Å². The average molecular weight is 351 g/mol. The van der Waals surface area contributed by atoms with E-state index in [-0.39, 0.29) is 18.0 Å². The molecule has 1 amide bonds. The Hall–Kier alpha value is -2.63. The van der Waals surface area contributed by atoms with Gasteiger partial charge in [0.05, 0.1) is 28.8 Å². The fourth-order valence-corrected chi connectivity index (χ4v) is 3.86. The van der Waals surface area contributed by atoms with Gasteiger partial charge in [-0.25, -0.2) is 4.98 Å². The van der Waals surface area contributed by atoms with E-state index in [0.717, 1.165) is 42.8 Å². The molecule has 2 aromatic heterocycles. The van der Waals surface area contributed by atoms with Crippen LogP contribution in [-0.2, 0) is 6.54 Å². The van der Waals surface area contributed by atoms with Crippen LogP contribution in [0.2, 0.25) is 0 Å². The lowest BCUT2D eigenvalue weighted by molar-refractivity contribution is 0.0727. The highest BCUT2D eigenvalue weighted by Gasteiger charge is 2.34. The van der Waals surface area contributed by atoms with E-state index >= 15 is 0 Å². The summed E-state index contributed by atoms with van der Waals surface area (Å²) in [7, 11) is 0. The molecular weight excluding hydrogens is 326 g/mol. The molecule has 1 saturated heterocycles. The van der Waals surface area contributed by atoms with E-state index in [1.807, 2.05) is 34.0 Å². The summed E-state index contributed by atoms with van der Waals surface area (Å²) in [4.78, 5) is 20.0. The number of rotatable bonds is 4. The zero-order valence-corrected chi connectivity index (χ0v) is 15.6. The van der Waals surface area contributed by atoms with Crippen molar-refractivity contribution >= 4 is 16.9 Å². The Morgan fingerprint density at radius 3 is 2.85 bits per heavy atom. The van der Waals surface area contributed by atoms with Crippen molar-refractivity contribution in [3.63, 3.8) is 0 Å². The molecular formula is C20H25N5O. The molecule has 136 valence electrons. The summed E-state index contributed by atoms with van der Waals surface area (Å²) >= 11 is 0. The summed E-state index contributed by atoms with van der Waals surface area (Å²) in [5, 5.41) is 4.32. The number of hydrogen-bond donors (Lipinski definition) is 0. The SMILES string of the molecule is CCn1c(C2CCCN2C(=O)c2cnn(C(C)C)c2)nc2ccccc21. The molecule has 1 atom stereocenters. The van der Waals surface area contributed by atoms with E-state index in [1.54, 1.807) is 6.20 Å². The number of amides is 1. The van der Waals surface area contributed by atoms with Gasteiger partial charge in [-0.15, -0.1) is 0 Å². The third-order valence-corrected chi connectivity index (χ3v) is 5.19. The molecule has 0 bridgehead atoms. The molecule has 1 aliphatic rings. The lowest BCUT2D eigenvalue weighted by atomic mass is 10.2. The van der Waals surface area contributed by atoms with Gasteiger partial charge in [0.2, 0.25) is 0 Å². The number of hydrogen-bond acceptors (Lipinski definition) is 3. The Balaban J connectivity index is 1.69. The van der Waals surface area contributed by atoms with Crippen molar-refractivity contribution in [2.45, 2.75) is 52.2 Å². The molecule has 1 aromatic carbocycles. The van der Waals surface area contributed by atoms with Crippen LogP contribution >= 0.6 is 0 Å². The summed E-state index contributed by atoms with van der Waals surface area (Å²) in [6.45, 7) is 7.86. The van der Waals surface area contributed by atoms with Crippen molar-refractivity contribution < 1.29 is 4.79 Å². The molecule has 6 heteroatoms. The third kappa shape index (κ3) is 2.69. The van der Waals surface area contributed by atoms with Crippen molar-refractivity contribution in [1.82, 2.24) is 24.2 Å². The van der Waals surface area contributed by atoms with Crippen LogP contribution in [0.1, 0.15) is 61.9 Å². The van der Waals surface area contributed by atoms with Gasteiger partial charge in [0.25, 0.3) is 5.91 Å². The Morgan fingerprint density at radius 1 is 1.31 bits per heavy atom. The number of para-hydroxylation sites is 2. The van der Waals surface area contributed by atoms with Crippen LogP contribution in [0.5, 0.6) is 0 Å². The highest BCUT2D eigenvalue weighted by Crippen LogP contribution is 2.34. The monoisotopic (exact) mass is 351 g/mol. The molecule has 6 nitrogen and oxygen atoms in total. The van der Waals surface area contributed by atoms with E-state index in [0.29, 0.717) is 5.56 Å². The van der Waals surface area contributed by atoms with Gasteiger partial charge in [-0.1, -0.05) is 12.1 Å². The van der Waals surface area contributed by atoms with Gasteiger partial charge in [0.15, 0.2) is 0 Å². The number of fused-ring (bicyclic) bond motifs is 1. The van der Waals surface area contributed by atoms with E-state index < -0.39 is 0 Å². The summed E-state index contributed by atoms with van der Waals surface area (Å²) in [6, 6.07) is 8.46. The highest BCUT2D eigenvalue weighted by molar-refractivity contribution is 5.94. The predicted molar refractivity (Wildman–Crippen MR) is 101 cm³/mol. The standard InChI is InChI=1S/C20H25N5O/c1-4-23-17-9-6-5-8-16(17)22-19(23)18-10-7-11-24(18)20(26)15-12-21-25(13-15)14(2)3/h5-6,8-9,12-14,18H,4,7,10-11H2,1-3H3. The Morgan fingerprint density at radius 2 is 2.12 bits per heavy atom. The van der Waals surface area contributed by atoms with E-state index in [2.05, 4.69) is 36.5 Å². The lowest BCUT2D eigenvalue weighted by Crippen LogP contribution is -2.31. The predicted octanol–water partition coefficient (Wildman–Crippen LogP) is 3.81. The average Bonchev–Trinajstić information content (AvgIpc) is 3.37. The Kier molecular flexibility index (Phi) is 4.26. The molecule has 1 fully saturated rings. The zero-order valence-electron chi connectivity index (χ0n) is 15.6. The number of carbonyl (C=O) groups is 1. The molecule has 3 aromatic rings. The fourth-order valence-electron chi connectivity index (χ4n) is 3.86. The summed E-state index contributed by atoms with van der Waals surface area (Å²) < 4.78 is 4.07. The molecule has 1 unspecified atom stereocenters. The number of benzene rings is 1. The molecule has 26 heavy (non-hydrogen) atoms. The van der Waals surface area contributed by atoms with Gasteiger partial charge in [-0.2, -0.15) is 5.10 Å². The third-order valence-electron chi connectivity index (χ3n) is 5.19. The molecule has 0 aliphatic carbocycles. The van der Waals surface area contributed by atoms with Gasteiger partial charge in [-0.05, 0) is 45.7 Å². The van der Waals surface area contributed by atoms with Crippen molar-refractivity contribution in [2.24, 2.45) is 0 Å². The van der Waals surface area contributed by atoms with Crippen molar-refractivity contribution in [1.29, 1.82) is 0 Å². The highest BCUT2D eigenvalue weighted by atomic mass is 16.2. The maximum absolute atomic E-state index is 13.1. The quantitative estimate of drug-likeness (QED) is 0.718. The normalized spacial score (nSPS) is 17.5. The number of aryl methyl sites for hydroxylation is 1. The topological polar surface area (TPSA) is 56.0 Å². The van der Waals surface area contributed by atoms with Crippen LogP contribution in [0.25, 0.3) is 11.0 Å². The summed E-state index contributed by atoms with van der Waals surface area (Å²) in [6.07, 6.45) is 5.49. The second kappa shape index (κ2) is 6.59. The van der Waals surface area contributed by atoms with E-state index in [9.17, 15) is 4.79 Å². The van der Waals surface area contributed by atoms with Crippen LogP contribution in [0.3, 0.4) is 0 Å². The van der Waals surface area contributed by atoms with Crippen LogP contribution in [0.4, 0.5) is 0 Å². The number of carbonyl (C=O) groups excluding carboxylic acids is 1. The Bertz CT molecular complexity index is 939.